The highest BCUT2D eigenvalue weighted by Gasteiger charge is 2.18. The molecule has 1 aliphatic rings. The van der Waals surface area contributed by atoms with Crippen LogP contribution in [0.2, 0.25) is 0 Å². The van der Waals surface area contributed by atoms with Crippen LogP contribution in [0.4, 0.5) is 5.69 Å². The minimum absolute atomic E-state index is 0.0884. The Kier molecular flexibility index (Phi) is 6.88. The number of benzene rings is 2. The van der Waals surface area contributed by atoms with E-state index in [-0.39, 0.29) is 16.0 Å². The second-order valence-corrected chi connectivity index (χ2v) is 8.62. The zero-order valence-corrected chi connectivity index (χ0v) is 19.5. The molecule has 8 nitrogen and oxygen atoms in total. The molecule has 1 aromatic heterocycles. The van der Waals surface area contributed by atoms with E-state index in [9.17, 15) is 9.90 Å². The van der Waals surface area contributed by atoms with Gasteiger partial charge in [-0.3, -0.25) is 0 Å². The summed E-state index contributed by atoms with van der Waals surface area (Å²) in [4.78, 5) is 14.4. The first-order chi connectivity index (χ1) is 16.0. The monoisotopic (exact) mass is 467 g/mol. The normalized spacial score (nSPS) is 13.9. The van der Waals surface area contributed by atoms with Gasteiger partial charge in [0.05, 0.1) is 14.2 Å². The van der Waals surface area contributed by atoms with Gasteiger partial charge >= 0.3 is 5.97 Å². The van der Waals surface area contributed by atoms with Crippen LogP contribution in [0.3, 0.4) is 0 Å². The summed E-state index contributed by atoms with van der Waals surface area (Å²) in [7, 11) is 3.11. The molecular formula is C24H25N3O5S. The molecule has 0 spiro atoms. The molecule has 1 fully saturated rings. The molecular weight excluding hydrogens is 442 g/mol. The molecule has 3 aromatic rings. The Morgan fingerprint density at radius 1 is 1.09 bits per heavy atom. The third-order valence-electron chi connectivity index (χ3n) is 5.42. The van der Waals surface area contributed by atoms with Crippen molar-refractivity contribution in [2.45, 2.75) is 25.0 Å². The summed E-state index contributed by atoms with van der Waals surface area (Å²) >= 11 is 0.914. The number of carboxylic acids is 1. The van der Waals surface area contributed by atoms with Crippen LogP contribution in [0.5, 0.6) is 11.5 Å². The molecule has 2 heterocycles. The number of aryl methyl sites for hydroxylation is 1. The molecule has 1 saturated heterocycles. The number of aliphatic carboxylic acids is 1. The van der Waals surface area contributed by atoms with E-state index in [2.05, 4.69) is 21.2 Å². The maximum atomic E-state index is 11.9. The van der Waals surface area contributed by atoms with E-state index < -0.39 is 5.97 Å². The molecule has 0 unspecified atom stereocenters. The summed E-state index contributed by atoms with van der Waals surface area (Å²) < 4.78 is 16.3. The molecule has 33 heavy (non-hydrogen) atoms. The Morgan fingerprint density at radius 3 is 2.39 bits per heavy atom. The van der Waals surface area contributed by atoms with Crippen LogP contribution in [0.25, 0.3) is 17.5 Å². The standard InChI is InChI=1S/C24H25N3O5S/c1-15-10-18(27-8-4-5-9-27)7-6-16(15)13-21(23(28)29)33-24-26-25-22(32-24)17-11-19(30-2)14-20(12-17)31-3/h6-7,10-14H,4-5,8-9H2,1-3H3,(H,28,29)/b21-13+. The summed E-state index contributed by atoms with van der Waals surface area (Å²) in [6.45, 7) is 4.10. The number of carboxylic acid groups (broad SMARTS) is 1. The van der Waals surface area contributed by atoms with Crippen molar-refractivity contribution >= 4 is 29.5 Å². The van der Waals surface area contributed by atoms with Gasteiger partial charge in [0.15, 0.2) is 0 Å². The summed E-state index contributed by atoms with van der Waals surface area (Å²) in [6.07, 6.45) is 4.04. The Labute approximate surface area is 196 Å². The number of rotatable bonds is 8. The quantitative estimate of drug-likeness (QED) is 0.367. The van der Waals surface area contributed by atoms with E-state index in [0.717, 1.165) is 36.0 Å². The molecule has 0 atom stereocenters. The lowest BCUT2D eigenvalue weighted by molar-refractivity contribution is -0.131. The van der Waals surface area contributed by atoms with E-state index in [1.165, 1.54) is 18.5 Å². The van der Waals surface area contributed by atoms with Gasteiger partial charge in [0.25, 0.3) is 5.22 Å². The Balaban J connectivity index is 1.57. The van der Waals surface area contributed by atoms with Gasteiger partial charge in [0.1, 0.15) is 16.4 Å². The zero-order valence-electron chi connectivity index (χ0n) is 18.7. The van der Waals surface area contributed by atoms with Crippen molar-refractivity contribution in [3.05, 3.63) is 52.4 Å². The van der Waals surface area contributed by atoms with Crippen LogP contribution >= 0.6 is 11.8 Å². The molecule has 0 bridgehead atoms. The van der Waals surface area contributed by atoms with E-state index in [0.29, 0.717) is 17.1 Å². The SMILES string of the molecule is COc1cc(OC)cc(-c2nnc(S/C(=C/c3ccc(N4CCCC4)cc3C)C(=O)O)o2)c1. The lowest BCUT2D eigenvalue weighted by Crippen LogP contribution is -2.17. The molecule has 1 N–H and O–H groups in total. The predicted octanol–water partition coefficient (Wildman–Crippen LogP) is 4.88. The van der Waals surface area contributed by atoms with Crippen LogP contribution in [-0.2, 0) is 4.79 Å². The summed E-state index contributed by atoms with van der Waals surface area (Å²) in [5, 5.41) is 18.0. The number of carbonyl (C=O) groups is 1. The van der Waals surface area contributed by atoms with E-state index >= 15 is 0 Å². The van der Waals surface area contributed by atoms with Gasteiger partial charge in [0, 0.05) is 30.4 Å². The molecule has 0 saturated carbocycles. The molecule has 1 aliphatic heterocycles. The fourth-order valence-corrected chi connectivity index (χ4v) is 4.33. The van der Waals surface area contributed by atoms with Gasteiger partial charge in [-0.25, -0.2) is 4.79 Å². The van der Waals surface area contributed by atoms with Crippen molar-refractivity contribution in [3.8, 4) is 23.0 Å². The number of nitrogens with zero attached hydrogens (tertiary/aromatic N) is 3. The molecule has 4 rings (SSSR count). The lowest BCUT2D eigenvalue weighted by Gasteiger charge is -2.18. The van der Waals surface area contributed by atoms with Crippen LogP contribution in [0, 0.1) is 6.92 Å². The average molecular weight is 468 g/mol. The smallest absolute Gasteiger partial charge is 0.342 e. The highest BCUT2D eigenvalue weighted by Crippen LogP contribution is 2.34. The summed E-state index contributed by atoms with van der Waals surface area (Å²) in [5.74, 6) is 0.336. The largest absolute Gasteiger partial charge is 0.497 e. The maximum absolute atomic E-state index is 11.9. The highest BCUT2D eigenvalue weighted by atomic mass is 32.2. The van der Waals surface area contributed by atoms with Crippen LogP contribution in [0.15, 0.2) is 50.9 Å². The first-order valence-electron chi connectivity index (χ1n) is 10.5. The molecule has 2 aromatic carbocycles. The summed E-state index contributed by atoms with van der Waals surface area (Å²) in [5.41, 5.74) is 3.62. The van der Waals surface area contributed by atoms with Gasteiger partial charge in [-0.05, 0) is 73.0 Å². The van der Waals surface area contributed by atoms with Crippen molar-refractivity contribution in [1.82, 2.24) is 10.2 Å². The molecule has 0 amide bonds. The zero-order chi connectivity index (χ0) is 23.4. The molecule has 9 heteroatoms. The van der Waals surface area contributed by atoms with E-state index in [4.69, 9.17) is 13.9 Å². The number of aromatic nitrogens is 2. The van der Waals surface area contributed by atoms with Gasteiger partial charge in [-0.2, -0.15) is 0 Å². The topological polar surface area (TPSA) is 97.9 Å². The number of anilines is 1. The third kappa shape index (κ3) is 5.31. The number of ether oxygens (including phenoxy) is 2. The summed E-state index contributed by atoms with van der Waals surface area (Å²) in [6, 6.07) is 11.3. The van der Waals surface area contributed by atoms with Gasteiger partial charge in [-0.1, -0.05) is 6.07 Å². The Hall–Kier alpha value is -3.46. The van der Waals surface area contributed by atoms with Crippen molar-refractivity contribution < 1.29 is 23.8 Å². The second-order valence-electron chi connectivity index (χ2n) is 7.63. The first-order valence-corrected chi connectivity index (χ1v) is 11.3. The fourth-order valence-electron chi connectivity index (χ4n) is 3.66. The fraction of sp³-hybridized carbons (Fsp3) is 0.292. The van der Waals surface area contributed by atoms with Gasteiger partial charge in [-0.15, -0.1) is 10.2 Å². The first kappa shape index (κ1) is 22.7. The van der Waals surface area contributed by atoms with Gasteiger partial charge < -0.3 is 23.9 Å². The number of thioether (sulfide) groups is 1. The van der Waals surface area contributed by atoms with Crippen LogP contribution in [0.1, 0.15) is 24.0 Å². The van der Waals surface area contributed by atoms with Crippen LogP contribution < -0.4 is 14.4 Å². The number of hydrogen-bond donors (Lipinski definition) is 1. The minimum atomic E-state index is -1.06. The predicted molar refractivity (Wildman–Crippen MR) is 127 cm³/mol. The lowest BCUT2D eigenvalue weighted by atomic mass is 10.1. The molecule has 172 valence electrons. The average Bonchev–Trinajstić information content (AvgIpc) is 3.52. The minimum Gasteiger partial charge on any atom is -0.497 e. The second kappa shape index (κ2) is 9.99. The van der Waals surface area contributed by atoms with E-state index in [1.54, 1.807) is 38.5 Å². The van der Waals surface area contributed by atoms with E-state index in [1.807, 2.05) is 19.1 Å². The van der Waals surface area contributed by atoms with Crippen molar-refractivity contribution in [3.63, 3.8) is 0 Å². The Morgan fingerprint density at radius 2 is 1.79 bits per heavy atom. The van der Waals surface area contributed by atoms with Gasteiger partial charge in [0.2, 0.25) is 5.89 Å². The van der Waals surface area contributed by atoms with Crippen molar-refractivity contribution in [1.29, 1.82) is 0 Å². The molecule has 0 radical (unpaired) electrons. The maximum Gasteiger partial charge on any atom is 0.342 e. The third-order valence-corrected chi connectivity index (χ3v) is 6.28. The highest BCUT2D eigenvalue weighted by molar-refractivity contribution is 8.03. The van der Waals surface area contributed by atoms with Crippen LogP contribution in [-0.4, -0.2) is 48.6 Å². The Bertz CT molecular complexity index is 1160. The van der Waals surface area contributed by atoms with Crippen molar-refractivity contribution in [2.75, 3.05) is 32.2 Å². The van der Waals surface area contributed by atoms with Crippen molar-refractivity contribution in [2.24, 2.45) is 0 Å². The number of hydrogen-bond acceptors (Lipinski definition) is 8. The number of methoxy groups -OCH3 is 2. The molecule has 0 aliphatic carbocycles.